The number of aromatic hydroxyl groups is 1. The summed E-state index contributed by atoms with van der Waals surface area (Å²) in [6.07, 6.45) is 0.818. The van der Waals surface area contributed by atoms with E-state index in [-0.39, 0.29) is 11.7 Å². The van der Waals surface area contributed by atoms with Crippen molar-refractivity contribution < 1.29 is 9.90 Å². The first-order valence-corrected chi connectivity index (χ1v) is 7.64. The number of hydrogen-bond acceptors (Lipinski definition) is 2. The zero-order valence-electron chi connectivity index (χ0n) is 13.4. The minimum Gasteiger partial charge on any atom is -0.507 e. The lowest BCUT2D eigenvalue weighted by Gasteiger charge is -2.17. The molecule has 0 bridgehead atoms. The molecule has 0 saturated carbocycles. The van der Waals surface area contributed by atoms with E-state index in [4.69, 9.17) is 0 Å². The number of fused-ring (bicyclic) bond motifs is 1. The Morgan fingerprint density at radius 3 is 2.57 bits per heavy atom. The molecule has 0 unspecified atom stereocenters. The van der Waals surface area contributed by atoms with Gasteiger partial charge in [0.2, 0.25) is 0 Å². The molecule has 3 rings (SSSR count). The van der Waals surface area contributed by atoms with Crippen LogP contribution in [0.3, 0.4) is 0 Å². The number of carbonyl (C=O) groups is 1. The van der Waals surface area contributed by atoms with Gasteiger partial charge in [-0.1, -0.05) is 36.4 Å². The minimum atomic E-state index is -0.0426. The molecule has 1 aromatic heterocycles. The Bertz CT molecular complexity index is 837. The molecular weight excluding hydrogens is 288 g/mol. The zero-order chi connectivity index (χ0) is 16.4. The van der Waals surface area contributed by atoms with E-state index in [0.29, 0.717) is 17.6 Å². The Labute approximate surface area is 135 Å². The molecule has 1 amide bonds. The van der Waals surface area contributed by atoms with E-state index in [0.717, 1.165) is 11.9 Å². The molecule has 0 aliphatic carbocycles. The van der Waals surface area contributed by atoms with Gasteiger partial charge in [-0.3, -0.25) is 4.79 Å². The lowest BCUT2D eigenvalue weighted by Crippen LogP contribution is -2.30. The third-order valence-electron chi connectivity index (χ3n) is 4.21. The Balaban J connectivity index is 1.80. The molecule has 3 aromatic rings. The second kappa shape index (κ2) is 6.16. The van der Waals surface area contributed by atoms with Crippen LogP contribution in [0.25, 0.3) is 10.9 Å². The maximum absolute atomic E-state index is 12.7. The Kier molecular flexibility index (Phi) is 4.06. The van der Waals surface area contributed by atoms with Crippen molar-refractivity contribution >= 4 is 16.8 Å². The van der Waals surface area contributed by atoms with Crippen LogP contribution >= 0.6 is 0 Å². The Morgan fingerprint density at radius 1 is 1.13 bits per heavy atom. The predicted molar refractivity (Wildman–Crippen MR) is 91.7 cm³/mol. The van der Waals surface area contributed by atoms with Gasteiger partial charge in [0.05, 0.1) is 5.52 Å². The monoisotopic (exact) mass is 308 g/mol. The average molecular weight is 308 g/mol. The van der Waals surface area contributed by atoms with Crippen molar-refractivity contribution in [1.82, 2.24) is 9.47 Å². The SMILES string of the molecule is CN(CCc1ccccc1)C(=O)c1cc2c(O)cccc2n1C. The first-order valence-electron chi connectivity index (χ1n) is 7.64. The third-order valence-corrected chi connectivity index (χ3v) is 4.21. The third kappa shape index (κ3) is 2.93. The molecular formula is C19H20N2O2. The molecule has 0 spiro atoms. The number of rotatable bonds is 4. The van der Waals surface area contributed by atoms with E-state index in [1.807, 2.05) is 42.9 Å². The predicted octanol–water partition coefficient (Wildman–Crippen LogP) is 3.20. The van der Waals surface area contributed by atoms with Gasteiger partial charge in [0.1, 0.15) is 11.4 Å². The van der Waals surface area contributed by atoms with Crippen LogP contribution in [0, 0.1) is 0 Å². The quantitative estimate of drug-likeness (QED) is 0.804. The number of likely N-dealkylation sites (N-methyl/N-ethyl adjacent to an activating group) is 1. The Hall–Kier alpha value is -2.75. The normalized spacial score (nSPS) is 10.9. The van der Waals surface area contributed by atoms with Crippen LogP contribution in [0.4, 0.5) is 0 Å². The van der Waals surface area contributed by atoms with Crippen molar-refractivity contribution in [3.8, 4) is 5.75 Å². The van der Waals surface area contributed by atoms with Gasteiger partial charge in [-0.2, -0.15) is 0 Å². The number of phenols is 1. The van der Waals surface area contributed by atoms with Crippen LogP contribution in [-0.4, -0.2) is 34.1 Å². The molecule has 2 aromatic carbocycles. The number of amides is 1. The molecule has 4 nitrogen and oxygen atoms in total. The largest absolute Gasteiger partial charge is 0.507 e. The summed E-state index contributed by atoms with van der Waals surface area (Å²) in [7, 11) is 3.66. The fourth-order valence-electron chi connectivity index (χ4n) is 2.79. The van der Waals surface area contributed by atoms with Gasteiger partial charge in [0.25, 0.3) is 5.91 Å². The van der Waals surface area contributed by atoms with Crippen molar-refractivity contribution in [1.29, 1.82) is 0 Å². The average Bonchev–Trinajstić information content (AvgIpc) is 2.91. The molecule has 0 radical (unpaired) electrons. The summed E-state index contributed by atoms with van der Waals surface area (Å²) in [4.78, 5) is 14.4. The van der Waals surface area contributed by atoms with Crippen molar-refractivity contribution in [3.63, 3.8) is 0 Å². The highest BCUT2D eigenvalue weighted by Gasteiger charge is 2.18. The number of phenolic OH excluding ortho intramolecular Hbond substituents is 1. The standard InChI is InChI=1S/C19H20N2O2/c1-20(12-11-14-7-4-3-5-8-14)19(23)17-13-15-16(21(17)2)9-6-10-18(15)22/h3-10,13,22H,11-12H2,1-2H3. The molecule has 118 valence electrons. The summed E-state index contributed by atoms with van der Waals surface area (Å²) in [5.41, 5.74) is 2.64. The molecule has 1 heterocycles. The number of aromatic nitrogens is 1. The van der Waals surface area contributed by atoms with E-state index < -0.39 is 0 Å². The highest BCUT2D eigenvalue weighted by atomic mass is 16.3. The number of benzene rings is 2. The molecule has 4 heteroatoms. The van der Waals surface area contributed by atoms with Gasteiger partial charge < -0.3 is 14.6 Å². The smallest absolute Gasteiger partial charge is 0.270 e. The van der Waals surface area contributed by atoms with Gasteiger partial charge in [-0.25, -0.2) is 0 Å². The van der Waals surface area contributed by atoms with Gasteiger partial charge in [0, 0.05) is 26.0 Å². The van der Waals surface area contributed by atoms with Crippen molar-refractivity contribution in [2.45, 2.75) is 6.42 Å². The van der Waals surface area contributed by atoms with Crippen LogP contribution in [0.5, 0.6) is 5.75 Å². The maximum atomic E-state index is 12.7. The molecule has 1 N–H and O–H groups in total. The Morgan fingerprint density at radius 2 is 1.87 bits per heavy atom. The molecule has 0 aliphatic rings. The van der Waals surface area contributed by atoms with Gasteiger partial charge in [-0.05, 0) is 30.2 Å². The van der Waals surface area contributed by atoms with Crippen LogP contribution in [0.15, 0.2) is 54.6 Å². The fourth-order valence-corrected chi connectivity index (χ4v) is 2.79. The van der Waals surface area contributed by atoms with Crippen molar-refractivity contribution in [2.24, 2.45) is 7.05 Å². The molecule has 0 atom stereocenters. The second-order valence-corrected chi connectivity index (χ2v) is 5.76. The summed E-state index contributed by atoms with van der Waals surface area (Å²) in [6, 6.07) is 17.2. The summed E-state index contributed by atoms with van der Waals surface area (Å²) >= 11 is 0. The summed E-state index contributed by atoms with van der Waals surface area (Å²) in [5, 5.41) is 10.6. The zero-order valence-corrected chi connectivity index (χ0v) is 13.4. The summed E-state index contributed by atoms with van der Waals surface area (Å²) in [5.74, 6) is 0.156. The number of carbonyl (C=O) groups excluding carboxylic acids is 1. The molecule has 0 fully saturated rings. The van der Waals surface area contributed by atoms with Crippen LogP contribution < -0.4 is 0 Å². The van der Waals surface area contributed by atoms with E-state index in [2.05, 4.69) is 12.1 Å². The van der Waals surface area contributed by atoms with E-state index in [9.17, 15) is 9.90 Å². The van der Waals surface area contributed by atoms with E-state index in [1.165, 1.54) is 5.56 Å². The van der Waals surface area contributed by atoms with Gasteiger partial charge >= 0.3 is 0 Å². The summed E-state index contributed by atoms with van der Waals surface area (Å²) < 4.78 is 1.83. The fraction of sp³-hybridized carbons (Fsp3) is 0.211. The molecule has 0 aliphatic heterocycles. The second-order valence-electron chi connectivity index (χ2n) is 5.76. The van der Waals surface area contributed by atoms with Crippen LogP contribution in [-0.2, 0) is 13.5 Å². The first-order chi connectivity index (χ1) is 11.1. The topological polar surface area (TPSA) is 45.5 Å². The highest BCUT2D eigenvalue weighted by molar-refractivity contribution is 6.00. The van der Waals surface area contributed by atoms with Gasteiger partial charge in [-0.15, -0.1) is 0 Å². The van der Waals surface area contributed by atoms with E-state index >= 15 is 0 Å². The van der Waals surface area contributed by atoms with Crippen molar-refractivity contribution in [2.75, 3.05) is 13.6 Å². The molecule has 23 heavy (non-hydrogen) atoms. The number of aryl methyl sites for hydroxylation is 1. The number of nitrogens with zero attached hydrogens (tertiary/aromatic N) is 2. The number of hydrogen-bond donors (Lipinski definition) is 1. The van der Waals surface area contributed by atoms with E-state index in [1.54, 1.807) is 23.1 Å². The van der Waals surface area contributed by atoms with Gasteiger partial charge in [0.15, 0.2) is 0 Å². The minimum absolute atomic E-state index is 0.0426. The lowest BCUT2D eigenvalue weighted by molar-refractivity contribution is 0.0787. The van der Waals surface area contributed by atoms with Crippen LogP contribution in [0.1, 0.15) is 16.1 Å². The van der Waals surface area contributed by atoms with Crippen LogP contribution in [0.2, 0.25) is 0 Å². The maximum Gasteiger partial charge on any atom is 0.270 e. The first kappa shape index (κ1) is 15.2. The summed E-state index contributed by atoms with van der Waals surface area (Å²) in [6.45, 7) is 0.649. The highest BCUT2D eigenvalue weighted by Crippen LogP contribution is 2.27. The molecule has 0 saturated heterocycles. The lowest BCUT2D eigenvalue weighted by atomic mass is 10.1. The van der Waals surface area contributed by atoms with Crippen molar-refractivity contribution in [3.05, 3.63) is 65.9 Å².